The van der Waals surface area contributed by atoms with Gasteiger partial charge in [-0.1, -0.05) is 0 Å². The van der Waals surface area contributed by atoms with Crippen LogP contribution < -0.4 is 11.1 Å². The predicted octanol–water partition coefficient (Wildman–Crippen LogP) is -2.13. The van der Waals surface area contributed by atoms with E-state index in [0.717, 1.165) is 0 Å². The molecule has 1 aliphatic rings. The Hall–Kier alpha value is -2.45. The lowest BCUT2D eigenvalue weighted by molar-refractivity contribution is -0.150. The maximum absolute atomic E-state index is 10.4. The molecule has 100 valence electrons. The van der Waals surface area contributed by atoms with Gasteiger partial charge in [-0.15, -0.1) is 0 Å². The Morgan fingerprint density at radius 2 is 1.83 bits per heavy atom. The number of ketones is 1. The van der Waals surface area contributed by atoms with E-state index in [4.69, 9.17) is 10.2 Å². The summed E-state index contributed by atoms with van der Waals surface area (Å²) in [6, 6.07) is -0.641. The molecule has 5 N–H and O–H groups in total. The maximum Gasteiger partial charge on any atom is 0.372 e. The molecule has 9 heteroatoms. The van der Waals surface area contributed by atoms with Gasteiger partial charge < -0.3 is 21.3 Å². The van der Waals surface area contributed by atoms with Gasteiger partial charge in [0, 0.05) is 6.42 Å². The molecule has 0 aliphatic carbocycles. The topological polar surface area (TPSA) is 164 Å². The third kappa shape index (κ3) is 6.20. The summed E-state index contributed by atoms with van der Waals surface area (Å²) < 4.78 is 0. The summed E-state index contributed by atoms with van der Waals surface area (Å²) in [7, 11) is 0. The van der Waals surface area contributed by atoms with E-state index in [1.54, 1.807) is 0 Å². The van der Waals surface area contributed by atoms with Gasteiger partial charge in [0.15, 0.2) is 0 Å². The molecule has 0 saturated carbocycles. The van der Waals surface area contributed by atoms with Crippen molar-refractivity contribution >= 4 is 29.5 Å². The van der Waals surface area contributed by atoms with Crippen LogP contribution in [0.25, 0.3) is 0 Å². The van der Waals surface area contributed by atoms with Gasteiger partial charge in [0.25, 0.3) is 0 Å². The average Bonchev–Trinajstić information content (AvgIpc) is 2.64. The lowest BCUT2D eigenvalue weighted by Crippen LogP contribution is -2.32. The molecule has 0 aromatic rings. The normalized spacial score (nSPS) is 17.1. The fourth-order valence-corrected chi connectivity index (χ4v) is 1.03. The molecular weight excluding hydrogens is 248 g/mol. The highest BCUT2D eigenvalue weighted by Crippen LogP contribution is 2.05. The zero-order valence-corrected chi connectivity index (χ0v) is 9.21. The molecule has 0 spiro atoms. The molecule has 0 aromatic carbocycles. The summed E-state index contributed by atoms with van der Waals surface area (Å²) in [5.74, 6) is -4.85. The van der Waals surface area contributed by atoms with Crippen LogP contribution in [-0.2, 0) is 24.0 Å². The Morgan fingerprint density at radius 1 is 1.28 bits per heavy atom. The Balaban J connectivity index is 0.000000321. The van der Waals surface area contributed by atoms with Gasteiger partial charge in [0.05, 0.1) is 6.42 Å². The van der Waals surface area contributed by atoms with Crippen molar-refractivity contribution in [1.82, 2.24) is 5.32 Å². The number of carbonyl (C=O) groups excluding carboxylic acids is 3. The van der Waals surface area contributed by atoms with Crippen LogP contribution in [0, 0.1) is 0 Å². The molecule has 18 heavy (non-hydrogen) atoms. The second-order valence-electron chi connectivity index (χ2n) is 3.37. The van der Waals surface area contributed by atoms with Crippen molar-refractivity contribution in [2.75, 3.05) is 0 Å². The Bertz CT molecular complexity index is 390. The molecule has 1 saturated heterocycles. The lowest BCUT2D eigenvalue weighted by atomic mass is 10.2. The Kier molecular flexibility index (Phi) is 6.04. The summed E-state index contributed by atoms with van der Waals surface area (Å²) in [5.41, 5.74) is 4.51. The first-order chi connectivity index (χ1) is 8.23. The molecule has 1 heterocycles. The van der Waals surface area contributed by atoms with Crippen molar-refractivity contribution in [3.8, 4) is 0 Å². The molecule has 1 rings (SSSR count). The molecule has 0 bridgehead atoms. The second-order valence-corrected chi connectivity index (χ2v) is 3.37. The van der Waals surface area contributed by atoms with Crippen LogP contribution >= 0.6 is 0 Å². The van der Waals surface area contributed by atoms with Crippen molar-refractivity contribution in [1.29, 1.82) is 0 Å². The average molecular weight is 260 g/mol. The molecule has 0 aromatic heterocycles. The largest absolute Gasteiger partial charge is 0.480 e. The number of amides is 2. The fourth-order valence-electron chi connectivity index (χ4n) is 1.03. The highest BCUT2D eigenvalue weighted by Gasteiger charge is 2.26. The van der Waals surface area contributed by atoms with E-state index in [1.807, 2.05) is 0 Å². The van der Waals surface area contributed by atoms with Gasteiger partial charge in [-0.2, -0.15) is 0 Å². The Labute approximate surface area is 101 Å². The molecule has 0 radical (unpaired) electrons. The highest BCUT2D eigenvalue weighted by molar-refractivity contribution is 6.36. The zero-order valence-electron chi connectivity index (χ0n) is 9.21. The van der Waals surface area contributed by atoms with E-state index in [0.29, 0.717) is 12.8 Å². The molecule has 9 nitrogen and oxygen atoms in total. The number of aliphatic carboxylic acids is 2. The number of nitrogens with one attached hydrogen (secondary N) is 1. The van der Waals surface area contributed by atoms with E-state index in [9.17, 15) is 24.0 Å². The number of carboxylic acid groups (broad SMARTS) is 2. The van der Waals surface area contributed by atoms with Gasteiger partial charge >= 0.3 is 11.9 Å². The van der Waals surface area contributed by atoms with Crippen LogP contribution in [-0.4, -0.2) is 45.8 Å². The number of primary amides is 1. The Morgan fingerprint density at radius 3 is 2.00 bits per heavy atom. The van der Waals surface area contributed by atoms with Crippen LogP contribution in [0.4, 0.5) is 0 Å². The maximum atomic E-state index is 10.4. The minimum absolute atomic E-state index is 0.164. The molecule has 1 fully saturated rings. The van der Waals surface area contributed by atoms with Gasteiger partial charge in [-0.3, -0.25) is 14.4 Å². The first kappa shape index (κ1) is 15.5. The summed E-state index contributed by atoms with van der Waals surface area (Å²) in [6.07, 6.45) is 0.0421. The third-order valence-corrected chi connectivity index (χ3v) is 1.87. The van der Waals surface area contributed by atoms with Crippen LogP contribution in [0.2, 0.25) is 0 Å². The predicted molar refractivity (Wildman–Crippen MR) is 55.3 cm³/mol. The van der Waals surface area contributed by atoms with E-state index >= 15 is 0 Å². The van der Waals surface area contributed by atoms with Crippen molar-refractivity contribution < 1.29 is 34.2 Å². The van der Waals surface area contributed by atoms with E-state index < -0.39 is 36.1 Å². The number of nitrogens with two attached hydrogens (primary N) is 1. The monoisotopic (exact) mass is 260 g/mol. The lowest BCUT2D eigenvalue weighted by Gasteiger charge is -1.99. The van der Waals surface area contributed by atoms with Crippen LogP contribution in [0.5, 0.6) is 0 Å². The highest BCUT2D eigenvalue weighted by atomic mass is 16.4. The van der Waals surface area contributed by atoms with E-state index in [2.05, 4.69) is 11.1 Å². The quantitative estimate of drug-likeness (QED) is 0.331. The third-order valence-electron chi connectivity index (χ3n) is 1.87. The van der Waals surface area contributed by atoms with Crippen LogP contribution in [0.1, 0.15) is 19.3 Å². The number of carbonyl (C=O) groups is 5. The van der Waals surface area contributed by atoms with Crippen molar-refractivity contribution in [2.45, 2.75) is 25.3 Å². The summed E-state index contributed by atoms with van der Waals surface area (Å²) in [5, 5.41) is 18.5. The van der Waals surface area contributed by atoms with Crippen molar-refractivity contribution in [3.05, 3.63) is 0 Å². The summed E-state index contributed by atoms with van der Waals surface area (Å²) in [6.45, 7) is 0. The molecular formula is C9H12N2O7. The second kappa shape index (κ2) is 6.99. The first-order valence-electron chi connectivity index (χ1n) is 4.80. The van der Waals surface area contributed by atoms with Gasteiger partial charge in [0.1, 0.15) is 6.04 Å². The van der Waals surface area contributed by atoms with Crippen LogP contribution in [0.3, 0.4) is 0 Å². The minimum atomic E-state index is -1.63. The zero-order chi connectivity index (χ0) is 14.3. The fraction of sp³-hybridized carbons (Fsp3) is 0.444. The smallest absolute Gasteiger partial charge is 0.372 e. The summed E-state index contributed by atoms with van der Waals surface area (Å²) in [4.78, 5) is 50.1. The first-order valence-corrected chi connectivity index (χ1v) is 4.80. The summed E-state index contributed by atoms with van der Waals surface area (Å²) >= 11 is 0. The molecule has 2 amide bonds. The number of hydrogen-bond acceptors (Lipinski definition) is 5. The van der Waals surface area contributed by atoms with Gasteiger partial charge in [0.2, 0.25) is 17.6 Å². The van der Waals surface area contributed by atoms with E-state index in [1.165, 1.54) is 0 Å². The number of Topliss-reactive ketones (excluding diaryl/α,β-unsaturated/α-hetero) is 1. The molecule has 0 unspecified atom stereocenters. The molecule has 1 atom stereocenters. The molecule has 1 aliphatic heterocycles. The van der Waals surface area contributed by atoms with Crippen LogP contribution in [0.15, 0.2) is 0 Å². The number of rotatable bonds is 4. The number of hydrogen-bond donors (Lipinski definition) is 4. The van der Waals surface area contributed by atoms with E-state index in [-0.39, 0.29) is 5.91 Å². The SMILES string of the molecule is NC(=O)CC(=O)C(=O)O.O=C1CC[C@@H](C(=O)O)N1. The van der Waals surface area contributed by atoms with Crippen molar-refractivity contribution in [3.63, 3.8) is 0 Å². The minimum Gasteiger partial charge on any atom is -0.480 e. The van der Waals surface area contributed by atoms with Gasteiger partial charge in [-0.05, 0) is 6.42 Å². The van der Waals surface area contributed by atoms with Gasteiger partial charge in [-0.25, -0.2) is 9.59 Å². The number of carboxylic acids is 2. The standard InChI is InChI=1S/C5H7NO3.C4H5NO4/c7-4-2-1-3(6-4)5(8)9;5-3(7)1-2(6)4(8)9/h3H,1-2H2,(H,6,7)(H,8,9);1H2,(H2,5,7)(H,8,9)/t3-;/m0./s1. The van der Waals surface area contributed by atoms with Crippen molar-refractivity contribution in [2.24, 2.45) is 5.73 Å².